The van der Waals surface area contributed by atoms with Crippen LogP contribution in [0.4, 0.5) is 0 Å². The van der Waals surface area contributed by atoms with E-state index in [0.29, 0.717) is 19.6 Å². The molecule has 0 radical (unpaired) electrons. The molecule has 0 aromatic heterocycles. The molecule has 1 amide bonds. The Labute approximate surface area is 130 Å². The first-order valence-electron chi connectivity index (χ1n) is 7.84. The van der Waals surface area contributed by atoms with Crippen molar-refractivity contribution in [3.63, 3.8) is 0 Å². The zero-order chi connectivity index (χ0) is 15.4. The lowest BCUT2D eigenvalue weighted by molar-refractivity contribution is -0.119. The Morgan fingerprint density at radius 1 is 1.32 bits per heavy atom. The second-order valence-electron chi connectivity index (χ2n) is 5.79. The maximum absolute atomic E-state index is 11.2. The summed E-state index contributed by atoms with van der Waals surface area (Å²) >= 11 is 0. The second-order valence-corrected chi connectivity index (χ2v) is 5.79. The third kappa shape index (κ3) is 3.69. The van der Waals surface area contributed by atoms with Gasteiger partial charge in [0.15, 0.2) is 11.5 Å². The summed E-state index contributed by atoms with van der Waals surface area (Å²) in [6, 6.07) is 6.31. The van der Waals surface area contributed by atoms with Gasteiger partial charge in [-0.1, -0.05) is 6.07 Å². The molecule has 0 spiro atoms. The highest BCUT2D eigenvalue weighted by atomic mass is 16.6. The van der Waals surface area contributed by atoms with Crippen molar-refractivity contribution in [2.45, 2.75) is 18.9 Å². The van der Waals surface area contributed by atoms with Crippen LogP contribution in [0.25, 0.3) is 0 Å². The van der Waals surface area contributed by atoms with E-state index in [1.807, 2.05) is 6.07 Å². The number of nitrogens with two attached hydrogens (primary N) is 1. The summed E-state index contributed by atoms with van der Waals surface area (Å²) < 4.78 is 11.2. The van der Waals surface area contributed by atoms with Gasteiger partial charge in [0.1, 0.15) is 13.2 Å². The second kappa shape index (κ2) is 6.98. The van der Waals surface area contributed by atoms with E-state index >= 15 is 0 Å². The van der Waals surface area contributed by atoms with Gasteiger partial charge in [0, 0.05) is 38.6 Å². The Hall–Kier alpha value is -1.79. The van der Waals surface area contributed by atoms with Crippen molar-refractivity contribution in [2.24, 2.45) is 5.73 Å². The first-order valence-corrected chi connectivity index (χ1v) is 7.84. The van der Waals surface area contributed by atoms with Gasteiger partial charge < -0.3 is 20.5 Å². The summed E-state index contributed by atoms with van der Waals surface area (Å²) in [5.74, 6) is 1.42. The van der Waals surface area contributed by atoms with Crippen LogP contribution in [0.1, 0.15) is 12.0 Å². The Morgan fingerprint density at radius 2 is 2.14 bits per heavy atom. The Morgan fingerprint density at radius 3 is 2.95 bits per heavy atom. The highest BCUT2D eigenvalue weighted by Gasteiger charge is 2.23. The fraction of sp³-hybridized carbons (Fsp3) is 0.562. The van der Waals surface area contributed by atoms with Crippen molar-refractivity contribution in [1.82, 2.24) is 10.2 Å². The van der Waals surface area contributed by atoms with Gasteiger partial charge in [0.25, 0.3) is 0 Å². The molecule has 0 aliphatic carbocycles. The van der Waals surface area contributed by atoms with Crippen LogP contribution >= 0.6 is 0 Å². The number of carbonyl (C=O) groups is 1. The largest absolute Gasteiger partial charge is 0.486 e. The molecule has 1 aromatic carbocycles. The van der Waals surface area contributed by atoms with Crippen LogP contribution in [-0.4, -0.2) is 56.2 Å². The topological polar surface area (TPSA) is 76.8 Å². The van der Waals surface area contributed by atoms with E-state index < -0.39 is 0 Å². The number of hydrogen-bond donors (Lipinski definition) is 2. The number of amides is 1. The summed E-state index contributed by atoms with van der Waals surface area (Å²) in [7, 11) is 0. The van der Waals surface area contributed by atoms with Crippen molar-refractivity contribution in [1.29, 1.82) is 0 Å². The predicted octanol–water partition coefficient (Wildman–Crippen LogP) is 0.150. The molecular weight excluding hydrogens is 282 g/mol. The van der Waals surface area contributed by atoms with E-state index in [9.17, 15) is 4.79 Å². The summed E-state index contributed by atoms with van der Waals surface area (Å²) in [5, 5.41) is 3.32. The van der Waals surface area contributed by atoms with Crippen molar-refractivity contribution >= 4 is 5.91 Å². The molecule has 3 N–H and O–H groups in total. The van der Waals surface area contributed by atoms with Gasteiger partial charge in [0.2, 0.25) is 5.91 Å². The van der Waals surface area contributed by atoms with E-state index in [4.69, 9.17) is 15.2 Å². The number of primary amides is 1. The first-order chi connectivity index (χ1) is 10.7. The number of benzene rings is 1. The predicted molar refractivity (Wildman–Crippen MR) is 83.2 cm³/mol. The standard InChI is InChI=1S/C16H23N3O3/c17-16(20)10-13-11-18-4-6-19(13)5-3-12-1-2-14-15(9-12)22-8-7-21-14/h1-2,9,13,18H,3-8,10-11H2,(H2,17,20). The SMILES string of the molecule is NC(=O)CC1CNCCN1CCc1ccc2c(c1)OCCO2. The average Bonchev–Trinajstić information content (AvgIpc) is 2.53. The Kier molecular flexibility index (Phi) is 4.80. The highest BCUT2D eigenvalue weighted by Crippen LogP contribution is 2.30. The zero-order valence-corrected chi connectivity index (χ0v) is 12.7. The third-order valence-electron chi connectivity index (χ3n) is 4.20. The van der Waals surface area contributed by atoms with E-state index in [-0.39, 0.29) is 11.9 Å². The van der Waals surface area contributed by atoms with Gasteiger partial charge >= 0.3 is 0 Å². The van der Waals surface area contributed by atoms with Crippen LogP contribution in [0.3, 0.4) is 0 Å². The molecule has 6 nitrogen and oxygen atoms in total. The summed E-state index contributed by atoms with van der Waals surface area (Å²) in [6.07, 6.45) is 1.33. The maximum atomic E-state index is 11.2. The minimum atomic E-state index is -0.238. The Bertz CT molecular complexity index is 535. The van der Waals surface area contributed by atoms with Crippen LogP contribution < -0.4 is 20.5 Å². The van der Waals surface area contributed by atoms with Gasteiger partial charge in [-0.3, -0.25) is 9.69 Å². The van der Waals surface area contributed by atoms with Crippen LogP contribution in [0.15, 0.2) is 18.2 Å². The molecule has 2 heterocycles. The number of rotatable bonds is 5. The molecule has 120 valence electrons. The number of nitrogens with one attached hydrogen (secondary N) is 1. The Balaban J connectivity index is 1.59. The van der Waals surface area contributed by atoms with Crippen LogP contribution in [0.2, 0.25) is 0 Å². The van der Waals surface area contributed by atoms with Crippen LogP contribution in [0.5, 0.6) is 11.5 Å². The molecular formula is C16H23N3O3. The van der Waals surface area contributed by atoms with E-state index in [2.05, 4.69) is 22.3 Å². The van der Waals surface area contributed by atoms with E-state index in [1.54, 1.807) is 0 Å². The monoisotopic (exact) mass is 305 g/mol. The number of hydrogen-bond acceptors (Lipinski definition) is 5. The van der Waals surface area contributed by atoms with Crippen molar-refractivity contribution in [3.05, 3.63) is 23.8 Å². The number of ether oxygens (including phenoxy) is 2. The molecule has 0 bridgehead atoms. The normalized spacial score (nSPS) is 21.5. The molecule has 2 aliphatic rings. The van der Waals surface area contributed by atoms with Crippen molar-refractivity contribution in [2.75, 3.05) is 39.4 Å². The quantitative estimate of drug-likeness (QED) is 0.810. The smallest absolute Gasteiger partial charge is 0.219 e. The molecule has 3 rings (SSSR count). The molecule has 1 saturated heterocycles. The lowest BCUT2D eigenvalue weighted by atomic mass is 10.1. The molecule has 1 fully saturated rings. The minimum Gasteiger partial charge on any atom is -0.486 e. The minimum absolute atomic E-state index is 0.198. The van der Waals surface area contributed by atoms with Crippen LogP contribution in [0, 0.1) is 0 Å². The highest BCUT2D eigenvalue weighted by molar-refractivity contribution is 5.74. The number of piperazine rings is 1. The number of nitrogens with zero attached hydrogens (tertiary/aromatic N) is 1. The molecule has 1 aromatic rings. The van der Waals surface area contributed by atoms with E-state index in [1.165, 1.54) is 5.56 Å². The van der Waals surface area contributed by atoms with Crippen molar-refractivity contribution < 1.29 is 14.3 Å². The molecule has 1 atom stereocenters. The van der Waals surface area contributed by atoms with Gasteiger partial charge in [-0.25, -0.2) is 0 Å². The first kappa shape index (κ1) is 15.1. The lowest BCUT2D eigenvalue weighted by Gasteiger charge is -2.35. The maximum Gasteiger partial charge on any atom is 0.219 e. The van der Waals surface area contributed by atoms with Gasteiger partial charge in [-0.15, -0.1) is 0 Å². The zero-order valence-electron chi connectivity index (χ0n) is 12.7. The van der Waals surface area contributed by atoms with Gasteiger partial charge in [-0.05, 0) is 24.1 Å². The van der Waals surface area contributed by atoms with Gasteiger partial charge in [-0.2, -0.15) is 0 Å². The molecule has 2 aliphatic heterocycles. The van der Waals surface area contributed by atoms with Crippen molar-refractivity contribution in [3.8, 4) is 11.5 Å². The van der Waals surface area contributed by atoms with E-state index in [0.717, 1.165) is 44.1 Å². The molecule has 6 heteroatoms. The van der Waals surface area contributed by atoms with Crippen LogP contribution in [-0.2, 0) is 11.2 Å². The number of carbonyl (C=O) groups excluding carboxylic acids is 1. The molecule has 1 unspecified atom stereocenters. The fourth-order valence-corrected chi connectivity index (χ4v) is 3.05. The lowest BCUT2D eigenvalue weighted by Crippen LogP contribution is -2.53. The third-order valence-corrected chi connectivity index (χ3v) is 4.20. The fourth-order valence-electron chi connectivity index (χ4n) is 3.05. The summed E-state index contributed by atoms with van der Waals surface area (Å²) in [4.78, 5) is 13.5. The molecule has 22 heavy (non-hydrogen) atoms. The summed E-state index contributed by atoms with van der Waals surface area (Å²) in [6.45, 7) is 4.86. The number of fused-ring (bicyclic) bond motifs is 1. The summed E-state index contributed by atoms with van der Waals surface area (Å²) in [5.41, 5.74) is 6.57. The van der Waals surface area contributed by atoms with Gasteiger partial charge in [0.05, 0.1) is 0 Å². The molecule has 0 saturated carbocycles. The average molecular weight is 305 g/mol.